The maximum absolute atomic E-state index is 12.2. The fourth-order valence-corrected chi connectivity index (χ4v) is 4.10. The molecule has 0 bridgehead atoms. The summed E-state index contributed by atoms with van der Waals surface area (Å²) in [6.45, 7) is 1.90. The van der Waals surface area contributed by atoms with Gasteiger partial charge in [0, 0.05) is 84.1 Å². The Hall–Kier alpha value is -3.05. The number of rotatable bonds is 6. The van der Waals surface area contributed by atoms with Gasteiger partial charge in [0.1, 0.15) is 17.6 Å². The lowest BCUT2D eigenvalue weighted by Crippen LogP contribution is -2.27. The highest BCUT2D eigenvalue weighted by Crippen LogP contribution is 2.23. The Balaban J connectivity index is -0.0000000113. The molecule has 0 unspecified atom stereocenters. The van der Waals surface area contributed by atoms with E-state index in [2.05, 4.69) is 4.98 Å². The van der Waals surface area contributed by atoms with Gasteiger partial charge in [-0.05, 0) is 55.0 Å². The number of aryl methyl sites for hydroxylation is 2. The first-order valence-corrected chi connectivity index (χ1v) is 13.1. The van der Waals surface area contributed by atoms with E-state index in [0.717, 1.165) is 22.6 Å². The summed E-state index contributed by atoms with van der Waals surface area (Å²) in [4.78, 5) is 28.3. The second kappa shape index (κ2) is 10.9. The Bertz CT molecular complexity index is 1510. The Morgan fingerprint density at radius 1 is 1.21 bits per heavy atom. The van der Waals surface area contributed by atoms with E-state index in [9.17, 15) is 9.59 Å². The lowest BCUT2D eigenvalue weighted by atomic mass is 10.1. The molecule has 3 heterocycles. The van der Waals surface area contributed by atoms with Crippen LogP contribution in [0.3, 0.4) is 0 Å². The van der Waals surface area contributed by atoms with E-state index in [0.29, 0.717) is 28.3 Å². The van der Waals surface area contributed by atoms with Gasteiger partial charge in [-0.25, -0.2) is 18.0 Å². The number of aromatic nitrogens is 3. The van der Waals surface area contributed by atoms with Crippen LogP contribution in [0.1, 0.15) is 74.4 Å². The zero-order chi connectivity index (χ0) is 24.9. The average molecular weight is 587 g/mol. The number of carbonyl (C=O) groups excluding carboxylic acids is 1. The van der Waals surface area contributed by atoms with Crippen molar-refractivity contribution < 1.29 is 69.4 Å². The highest BCUT2D eigenvalue weighted by molar-refractivity contribution is 7.84. The maximum atomic E-state index is 12.2. The van der Waals surface area contributed by atoms with Crippen molar-refractivity contribution in [2.45, 2.75) is 19.8 Å². The van der Waals surface area contributed by atoms with Gasteiger partial charge in [-0.3, -0.25) is 14.2 Å². The van der Waals surface area contributed by atoms with Crippen LogP contribution in [0.25, 0.3) is 11.4 Å². The van der Waals surface area contributed by atoms with Crippen LogP contribution in [0.2, 0.25) is 4.34 Å². The van der Waals surface area contributed by atoms with Gasteiger partial charge in [0.2, 0.25) is 6.33 Å². The first-order valence-electron chi connectivity index (χ1n) is 10.1. The summed E-state index contributed by atoms with van der Waals surface area (Å²) in [6, 6.07) is 14.8. The molecule has 8 nitrogen and oxygen atoms in total. The molecule has 3 aromatic heterocycles. The monoisotopic (exact) mass is 586 g/mol. The van der Waals surface area contributed by atoms with Gasteiger partial charge in [0.05, 0.1) is 19.3 Å². The standard InChI is InChI=1S/C22H18ClN3O2S.CH4O3S.33H2/c1-15-10-11-26(22(28)12-15)18-5-3-17(4-6-18)25-13-16(24-14-25)2-7-19(27)20-8-9-21(23)29-20;1-5(2,3)4;;;;;;;;;;;;;;;;;;;;;;;;;;;;;;;;;/h3-6,8-14H,2,7H2,1H3;1H3,(H,2,3,4);33*1H. The second-order valence-corrected chi connectivity index (χ2v) is 10.6. The van der Waals surface area contributed by atoms with Crippen LogP contribution in [0.15, 0.2) is 72.0 Å². The molecule has 1 aromatic carbocycles. The molecule has 0 fully saturated rings. The van der Waals surface area contributed by atoms with Crippen molar-refractivity contribution in [1.82, 2.24) is 9.55 Å². The molecular weight excluding hydrogens is 498 g/mol. The van der Waals surface area contributed by atoms with Crippen LogP contribution in [0.4, 0.5) is 0 Å². The maximum Gasteiger partial charge on any atom is 0.255 e. The molecule has 0 radical (unpaired) electrons. The highest BCUT2D eigenvalue weighted by Gasteiger charge is 2.13. The SMILES string of the molecule is CS(=O)(=O)[O-].Cc1ccn(-c2ccc(-[n+]3c[nH]c(CCC(=O)c4ccc(Cl)s4)c3)cc2)c(=O)c1.[HH].[HH].[HH].[HH].[HH].[HH].[HH].[HH].[HH].[HH].[HH].[HH].[HH].[HH].[HH].[HH].[HH].[HH].[HH].[HH].[HH].[HH].[HH].[HH].[HH].[HH].[HH].[HH].[HH].[HH].[HH].[HH].[HH]. The molecule has 1 N–H and O–H groups in total. The zero-order valence-electron chi connectivity index (χ0n) is 18.4. The number of benzene rings is 1. The van der Waals surface area contributed by atoms with Gasteiger partial charge in [0.25, 0.3) is 5.56 Å². The molecule has 0 amide bonds. The fraction of sp³-hybridized carbons (Fsp3) is 0.174. The Morgan fingerprint density at radius 2 is 1.88 bits per heavy atom. The van der Waals surface area contributed by atoms with Crippen molar-refractivity contribution in [3.05, 3.63) is 98.1 Å². The largest absolute Gasteiger partial charge is 0.748 e. The van der Waals surface area contributed by atoms with Crippen LogP contribution in [0.5, 0.6) is 0 Å². The third kappa shape index (κ3) is 7.49. The quantitative estimate of drug-likeness (QED) is 0.137. The first kappa shape index (κ1) is 25.6. The number of Topliss-reactive ketones (excluding diaryl/α,β-unsaturated/α-hetero) is 1. The van der Waals surface area contributed by atoms with E-state index < -0.39 is 10.1 Å². The zero-order valence-corrected chi connectivity index (χ0v) is 20.8. The average Bonchev–Trinajstić information content (AvgIpc) is 3.40. The minimum absolute atomic E-state index is 0. The van der Waals surface area contributed by atoms with Crippen molar-refractivity contribution >= 4 is 38.8 Å². The number of thiophene rings is 1. The van der Waals surface area contributed by atoms with Gasteiger partial charge < -0.3 is 4.55 Å². The number of hydrogen-bond donors (Lipinski definition) is 1. The van der Waals surface area contributed by atoms with Crippen LogP contribution in [-0.2, 0) is 16.5 Å². The predicted octanol–water partition coefficient (Wildman–Crippen LogP) is 11.6. The van der Waals surface area contributed by atoms with Crippen molar-refractivity contribution in [1.29, 1.82) is 0 Å². The third-order valence-corrected chi connectivity index (χ3v) is 5.93. The van der Waals surface area contributed by atoms with Crippen LogP contribution in [0, 0.1) is 6.92 Å². The molecule has 0 aliphatic carbocycles. The van der Waals surface area contributed by atoms with Crippen molar-refractivity contribution in [3.8, 4) is 11.4 Å². The second-order valence-electron chi connectivity index (χ2n) is 7.49. The molecule has 4 rings (SSSR count). The van der Waals surface area contributed by atoms with Crippen molar-refractivity contribution in [2.24, 2.45) is 0 Å². The number of nitrogens with one attached hydrogen (secondary N) is 1. The normalized spacial score (nSPS) is 11.1. The van der Waals surface area contributed by atoms with E-state index in [1.807, 2.05) is 54.3 Å². The molecule has 0 aliphatic rings. The number of aromatic amines is 1. The topological polar surface area (TPSA) is 116 Å². The number of halogens is 1. The molecule has 0 spiro atoms. The number of H-pyrrole nitrogens is 1. The van der Waals surface area contributed by atoms with E-state index >= 15 is 0 Å². The summed E-state index contributed by atoms with van der Waals surface area (Å²) in [5.74, 6) is 0.0935. The van der Waals surface area contributed by atoms with Crippen molar-refractivity contribution in [2.75, 3.05) is 6.26 Å². The molecule has 0 saturated carbocycles. The molecule has 0 saturated heterocycles. The molecule has 34 heavy (non-hydrogen) atoms. The summed E-state index contributed by atoms with van der Waals surface area (Å²) in [7, 11) is -3.92. The summed E-state index contributed by atoms with van der Waals surface area (Å²) in [6.07, 6.45) is 7.26. The minimum Gasteiger partial charge on any atom is -0.748 e. The molecule has 0 atom stereocenters. The number of imidazole rings is 1. The minimum atomic E-state index is -3.92. The van der Waals surface area contributed by atoms with Gasteiger partial charge in [0.15, 0.2) is 5.78 Å². The summed E-state index contributed by atoms with van der Waals surface area (Å²) in [5, 5.41) is 0. The summed E-state index contributed by atoms with van der Waals surface area (Å²) < 4.78 is 31.4. The Labute approximate surface area is 254 Å². The molecule has 0 aliphatic heterocycles. The lowest BCUT2D eigenvalue weighted by molar-refractivity contribution is -0.594. The van der Waals surface area contributed by atoms with Gasteiger partial charge in [-0.1, -0.05) is 11.6 Å². The Kier molecular flexibility index (Phi) is 8.21. The van der Waals surface area contributed by atoms with Crippen LogP contribution in [-0.4, -0.2) is 34.6 Å². The van der Waals surface area contributed by atoms with Gasteiger partial charge in [-0.2, -0.15) is 0 Å². The van der Waals surface area contributed by atoms with Gasteiger partial charge in [-0.15, -0.1) is 11.3 Å². The number of ketones is 1. The first-order chi connectivity index (χ1) is 16.0. The fourth-order valence-electron chi connectivity index (χ4n) is 3.09. The highest BCUT2D eigenvalue weighted by atomic mass is 35.5. The smallest absolute Gasteiger partial charge is 0.255 e. The van der Waals surface area contributed by atoms with E-state index in [-0.39, 0.29) is 58.4 Å². The van der Waals surface area contributed by atoms with E-state index in [1.54, 1.807) is 29.0 Å². The number of carbonyl (C=O) groups is 1. The Morgan fingerprint density at radius 3 is 2.47 bits per heavy atom. The summed E-state index contributed by atoms with van der Waals surface area (Å²) >= 11 is 7.21. The van der Waals surface area contributed by atoms with E-state index in [4.69, 9.17) is 24.6 Å². The van der Waals surface area contributed by atoms with Gasteiger partial charge >= 0.3 is 0 Å². The van der Waals surface area contributed by atoms with Crippen LogP contribution < -0.4 is 10.1 Å². The lowest BCUT2D eigenvalue weighted by Gasteiger charge is -2.06. The van der Waals surface area contributed by atoms with E-state index in [1.165, 1.54) is 11.3 Å². The summed E-state index contributed by atoms with van der Waals surface area (Å²) in [5.41, 5.74) is 3.65. The number of hydrogen-bond acceptors (Lipinski definition) is 6. The predicted molar refractivity (Wildman–Crippen MR) is 200 cm³/mol. The molecular formula is C23H88ClN3O5S2. The number of pyridine rings is 1. The molecule has 4 aromatic rings. The third-order valence-electron chi connectivity index (χ3n) is 4.65. The molecule has 11 heteroatoms. The molecule has 244 valence electrons. The number of nitrogens with zero attached hydrogens (tertiary/aromatic N) is 2. The van der Waals surface area contributed by atoms with Crippen molar-refractivity contribution in [3.63, 3.8) is 0 Å². The van der Waals surface area contributed by atoms with Crippen LogP contribution >= 0.6 is 22.9 Å².